The third kappa shape index (κ3) is 2.50. The van der Waals surface area contributed by atoms with Gasteiger partial charge in [-0.05, 0) is 17.7 Å². The Hall–Kier alpha value is -2.88. The minimum absolute atomic E-state index is 0.00270. The second kappa shape index (κ2) is 5.64. The van der Waals surface area contributed by atoms with Gasteiger partial charge in [-0.1, -0.05) is 17.4 Å². The van der Waals surface area contributed by atoms with Crippen LogP contribution in [0.15, 0.2) is 27.8 Å². The first-order valence-electron chi connectivity index (χ1n) is 6.57. The van der Waals surface area contributed by atoms with E-state index in [9.17, 15) is 23.2 Å². The predicted molar refractivity (Wildman–Crippen MR) is 81.5 cm³/mol. The molecule has 0 saturated carbocycles. The van der Waals surface area contributed by atoms with E-state index in [1.165, 1.54) is 13.1 Å². The monoisotopic (exact) mass is 353 g/mol. The number of nitrogens with zero attached hydrogens (tertiary/aromatic N) is 3. The Balaban J connectivity index is 2.21. The summed E-state index contributed by atoms with van der Waals surface area (Å²) in [6.07, 6.45) is 0. The molecule has 24 heavy (non-hydrogen) atoms. The SMILES string of the molecule is Cn1c(=O)n(Cc2ccc(F)c(F)c2)c(=O)c2sc(C(=O)O)nc21. The van der Waals surface area contributed by atoms with E-state index in [2.05, 4.69) is 4.98 Å². The quantitative estimate of drug-likeness (QED) is 0.763. The molecule has 0 radical (unpaired) electrons. The number of fused-ring (bicyclic) bond motifs is 1. The van der Waals surface area contributed by atoms with Crippen LogP contribution in [0.1, 0.15) is 15.4 Å². The summed E-state index contributed by atoms with van der Waals surface area (Å²) in [5.41, 5.74) is -1.29. The molecule has 2 aromatic heterocycles. The van der Waals surface area contributed by atoms with Gasteiger partial charge in [0.1, 0.15) is 4.70 Å². The van der Waals surface area contributed by atoms with Crippen molar-refractivity contribution in [2.24, 2.45) is 7.05 Å². The average Bonchev–Trinajstić information content (AvgIpc) is 2.99. The zero-order valence-electron chi connectivity index (χ0n) is 12.1. The minimum Gasteiger partial charge on any atom is -0.476 e. The number of carboxylic acids is 1. The molecular weight excluding hydrogens is 344 g/mol. The normalized spacial score (nSPS) is 11.1. The molecule has 0 unspecified atom stereocenters. The number of aromatic nitrogens is 3. The van der Waals surface area contributed by atoms with E-state index >= 15 is 0 Å². The zero-order valence-corrected chi connectivity index (χ0v) is 12.9. The Morgan fingerprint density at radius 2 is 2.00 bits per heavy atom. The largest absolute Gasteiger partial charge is 0.476 e. The van der Waals surface area contributed by atoms with Gasteiger partial charge in [0.05, 0.1) is 6.54 Å². The maximum absolute atomic E-state index is 13.3. The maximum Gasteiger partial charge on any atom is 0.365 e. The predicted octanol–water partition coefficient (Wildman–Crippen LogP) is 1.18. The molecule has 0 bridgehead atoms. The number of thiazole rings is 1. The van der Waals surface area contributed by atoms with Crippen LogP contribution in [0.5, 0.6) is 0 Å². The number of halogens is 2. The fraction of sp³-hybridized carbons (Fsp3) is 0.143. The van der Waals surface area contributed by atoms with E-state index in [-0.39, 0.29) is 27.5 Å². The highest BCUT2D eigenvalue weighted by Crippen LogP contribution is 2.17. The Kier molecular flexibility index (Phi) is 3.76. The number of carbonyl (C=O) groups is 1. The summed E-state index contributed by atoms with van der Waals surface area (Å²) in [4.78, 5) is 39.5. The molecule has 0 fully saturated rings. The number of carboxylic acid groups (broad SMARTS) is 1. The molecule has 7 nitrogen and oxygen atoms in total. The Morgan fingerprint density at radius 1 is 1.29 bits per heavy atom. The summed E-state index contributed by atoms with van der Waals surface area (Å²) in [6, 6.07) is 3.04. The van der Waals surface area contributed by atoms with Gasteiger partial charge < -0.3 is 5.11 Å². The van der Waals surface area contributed by atoms with Crippen LogP contribution in [0.25, 0.3) is 10.3 Å². The third-order valence-electron chi connectivity index (χ3n) is 3.39. The lowest BCUT2D eigenvalue weighted by Gasteiger charge is -2.08. The van der Waals surface area contributed by atoms with Gasteiger partial charge >= 0.3 is 11.7 Å². The van der Waals surface area contributed by atoms with Crippen molar-refractivity contribution in [3.63, 3.8) is 0 Å². The van der Waals surface area contributed by atoms with Gasteiger partial charge in [-0.25, -0.2) is 23.4 Å². The Labute approximate surface area is 136 Å². The van der Waals surface area contributed by atoms with Crippen LogP contribution in [0.3, 0.4) is 0 Å². The standard InChI is InChI=1S/C14H9F2N3O4S/c1-18-10-9(24-11(17-10)13(21)22)12(20)19(14(18)23)5-6-2-3-7(15)8(16)4-6/h2-4H,5H2,1H3,(H,21,22). The van der Waals surface area contributed by atoms with Crippen LogP contribution in [-0.2, 0) is 13.6 Å². The third-order valence-corrected chi connectivity index (χ3v) is 4.41. The second-order valence-electron chi connectivity index (χ2n) is 4.96. The summed E-state index contributed by atoms with van der Waals surface area (Å²) in [5.74, 6) is -3.44. The van der Waals surface area contributed by atoms with Crippen LogP contribution in [-0.4, -0.2) is 25.2 Å². The van der Waals surface area contributed by atoms with Gasteiger partial charge in [0.2, 0.25) is 5.01 Å². The molecule has 2 heterocycles. The lowest BCUT2D eigenvalue weighted by molar-refractivity contribution is 0.0696. The van der Waals surface area contributed by atoms with Crippen molar-refractivity contribution >= 4 is 27.7 Å². The van der Waals surface area contributed by atoms with Gasteiger partial charge in [0.25, 0.3) is 5.56 Å². The van der Waals surface area contributed by atoms with Crippen molar-refractivity contribution in [3.05, 3.63) is 61.2 Å². The fourth-order valence-corrected chi connectivity index (χ4v) is 3.10. The number of aromatic carboxylic acids is 1. The first-order chi connectivity index (χ1) is 11.3. The lowest BCUT2D eigenvalue weighted by atomic mass is 10.2. The van der Waals surface area contributed by atoms with Crippen LogP contribution in [0.2, 0.25) is 0 Å². The van der Waals surface area contributed by atoms with E-state index in [1.54, 1.807) is 0 Å². The van der Waals surface area contributed by atoms with Crippen LogP contribution < -0.4 is 11.2 Å². The number of aryl methyl sites for hydroxylation is 1. The van der Waals surface area contributed by atoms with Crippen LogP contribution >= 0.6 is 11.3 Å². The lowest BCUT2D eigenvalue weighted by Crippen LogP contribution is -2.39. The van der Waals surface area contributed by atoms with Crippen molar-refractivity contribution in [3.8, 4) is 0 Å². The fourth-order valence-electron chi connectivity index (χ4n) is 2.21. The van der Waals surface area contributed by atoms with Crippen molar-refractivity contribution in [1.82, 2.24) is 14.1 Å². The van der Waals surface area contributed by atoms with Crippen LogP contribution in [0, 0.1) is 11.6 Å². The van der Waals surface area contributed by atoms with Gasteiger partial charge in [0, 0.05) is 7.05 Å². The molecule has 124 valence electrons. The topological polar surface area (TPSA) is 94.2 Å². The van der Waals surface area contributed by atoms with Gasteiger partial charge in [0.15, 0.2) is 17.3 Å². The molecule has 0 atom stereocenters. The van der Waals surface area contributed by atoms with Crippen molar-refractivity contribution in [2.75, 3.05) is 0 Å². The van der Waals surface area contributed by atoms with E-state index in [0.29, 0.717) is 11.3 Å². The van der Waals surface area contributed by atoms with Crippen molar-refractivity contribution in [1.29, 1.82) is 0 Å². The van der Waals surface area contributed by atoms with Gasteiger partial charge in [-0.15, -0.1) is 0 Å². The molecule has 0 aliphatic carbocycles. The summed E-state index contributed by atoms with van der Waals surface area (Å²) in [6.45, 7) is -0.279. The molecule has 1 N–H and O–H groups in total. The number of hydrogen-bond donors (Lipinski definition) is 1. The van der Waals surface area contributed by atoms with Crippen LogP contribution in [0.4, 0.5) is 8.78 Å². The summed E-state index contributed by atoms with van der Waals surface area (Å²) >= 11 is 0.647. The van der Waals surface area contributed by atoms with E-state index < -0.39 is 28.9 Å². The molecule has 0 aliphatic heterocycles. The molecule has 3 aromatic rings. The average molecular weight is 353 g/mol. The van der Waals surface area contributed by atoms with Crippen molar-refractivity contribution < 1.29 is 18.7 Å². The Morgan fingerprint density at radius 3 is 2.62 bits per heavy atom. The molecule has 3 rings (SSSR count). The summed E-state index contributed by atoms with van der Waals surface area (Å²) in [7, 11) is 1.34. The Bertz CT molecular complexity index is 1100. The summed E-state index contributed by atoms with van der Waals surface area (Å²) in [5, 5.41) is 8.66. The van der Waals surface area contributed by atoms with E-state index in [0.717, 1.165) is 21.3 Å². The second-order valence-corrected chi connectivity index (χ2v) is 5.96. The van der Waals surface area contributed by atoms with Gasteiger partial charge in [-0.2, -0.15) is 0 Å². The molecule has 10 heteroatoms. The van der Waals surface area contributed by atoms with Gasteiger partial charge in [-0.3, -0.25) is 13.9 Å². The molecule has 0 spiro atoms. The smallest absolute Gasteiger partial charge is 0.365 e. The highest BCUT2D eigenvalue weighted by atomic mass is 32.1. The molecule has 0 saturated heterocycles. The van der Waals surface area contributed by atoms with Crippen molar-refractivity contribution in [2.45, 2.75) is 6.54 Å². The minimum atomic E-state index is -1.31. The van der Waals surface area contributed by atoms with E-state index in [4.69, 9.17) is 5.11 Å². The number of rotatable bonds is 3. The zero-order chi connectivity index (χ0) is 17.6. The molecule has 0 amide bonds. The highest BCUT2D eigenvalue weighted by Gasteiger charge is 2.19. The molecular formula is C14H9F2N3O4S. The summed E-state index contributed by atoms with van der Waals surface area (Å²) < 4.78 is 28.1. The molecule has 1 aromatic carbocycles. The highest BCUT2D eigenvalue weighted by molar-refractivity contribution is 7.20. The first kappa shape index (κ1) is 16.0. The first-order valence-corrected chi connectivity index (χ1v) is 7.39. The number of benzene rings is 1. The van der Waals surface area contributed by atoms with E-state index in [1.807, 2.05) is 0 Å². The molecule has 0 aliphatic rings. The maximum atomic E-state index is 13.3. The number of hydrogen-bond acceptors (Lipinski definition) is 5.